The number of amides is 1. The fourth-order valence-electron chi connectivity index (χ4n) is 2.28. The average Bonchev–Trinajstić information content (AvgIpc) is 2.24. The van der Waals surface area contributed by atoms with Crippen LogP contribution in [0.5, 0.6) is 0 Å². The van der Waals surface area contributed by atoms with E-state index >= 15 is 0 Å². The smallest absolute Gasteiger partial charge is 0.407 e. The van der Waals surface area contributed by atoms with Crippen LogP contribution in [0.2, 0.25) is 0 Å². The first kappa shape index (κ1) is 7.58. The predicted octanol–water partition coefficient (Wildman–Crippen LogP) is 0.860. The Morgan fingerprint density at radius 2 is 1.83 bits per heavy atom. The van der Waals surface area contributed by atoms with Gasteiger partial charge >= 0.3 is 6.09 Å². The molecule has 12 heavy (non-hydrogen) atoms. The van der Waals surface area contributed by atoms with Crippen LogP contribution in [0.25, 0.3) is 0 Å². The van der Waals surface area contributed by atoms with E-state index in [1.54, 1.807) is 0 Å². The predicted molar refractivity (Wildman–Crippen MR) is 40.9 cm³/mol. The van der Waals surface area contributed by atoms with Gasteiger partial charge in [0.15, 0.2) is 0 Å². The largest absolute Gasteiger partial charge is 0.465 e. The summed E-state index contributed by atoms with van der Waals surface area (Å²) < 4.78 is 0. The molecule has 0 saturated carbocycles. The zero-order valence-corrected chi connectivity index (χ0v) is 6.69. The molecule has 2 bridgehead atoms. The summed E-state index contributed by atoms with van der Waals surface area (Å²) in [6.45, 7) is 0. The van der Waals surface area contributed by atoms with E-state index in [0.29, 0.717) is 12.8 Å². The first-order chi connectivity index (χ1) is 5.68. The Bertz CT molecular complexity index is 222. The molecule has 4 heteroatoms. The lowest BCUT2D eigenvalue weighted by Gasteiger charge is -2.31. The van der Waals surface area contributed by atoms with Gasteiger partial charge in [-0.3, -0.25) is 4.79 Å². The maximum Gasteiger partial charge on any atom is 0.407 e. The van der Waals surface area contributed by atoms with Gasteiger partial charge in [-0.05, 0) is 12.8 Å². The highest BCUT2D eigenvalue weighted by atomic mass is 16.4. The minimum Gasteiger partial charge on any atom is -0.465 e. The molecule has 2 aliphatic heterocycles. The second-order valence-corrected chi connectivity index (χ2v) is 3.52. The van der Waals surface area contributed by atoms with Crippen molar-refractivity contribution in [2.75, 3.05) is 0 Å². The second kappa shape index (κ2) is 2.47. The zero-order chi connectivity index (χ0) is 8.72. The molecule has 66 valence electrons. The van der Waals surface area contributed by atoms with Crippen molar-refractivity contribution in [2.24, 2.45) is 0 Å². The first-order valence-electron chi connectivity index (χ1n) is 4.21. The number of carbonyl (C=O) groups is 2. The van der Waals surface area contributed by atoms with Gasteiger partial charge in [0, 0.05) is 24.9 Å². The molecule has 4 nitrogen and oxygen atoms in total. The Labute approximate surface area is 70.2 Å². The van der Waals surface area contributed by atoms with Gasteiger partial charge in [-0.2, -0.15) is 0 Å². The summed E-state index contributed by atoms with van der Waals surface area (Å²) in [4.78, 5) is 23.3. The van der Waals surface area contributed by atoms with Crippen LogP contribution >= 0.6 is 0 Å². The standard InChI is InChI=1S/C8H11NO3/c10-7-3-5-1-2-6(4-7)9(5)8(11)12/h5-6H,1-4H2,(H,11,12)/t5-,6+. The number of hydrogen-bond donors (Lipinski definition) is 1. The van der Waals surface area contributed by atoms with Gasteiger partial charge in [0.1, 0.15) is 5.78 Å². The van der Waals surface area contributed by atoms with Crippen LogP contribution in [0.1, 0.15) is 25.7 Å². The Morgan fingerprint density at radius 3 is 2.25 bits per heavy atom. The zero-order valence-electron chi connectivity index (χ0n) is 6.69. The molecule has 2 heterocycles. The number of piperidine rings is 1. The van der Waals surface area contributed by atoms with Crippen LogP contribution in [-0.2, 0) is 4.79 Å². The Balaban J connectivity index is 2.19. The van der Waals surface area contributed by atoms with Gasteiger partial charge in [0.05, 0.1) is 0 Å². The molecule has 2 aliphatic rings. The van der Waals surface area contributed by atoms with Crippen LogP contribution < -0.4 is 0 Å². The molecule has 0 unspecified atom stereocenters. The normalized spacial score (nSPS) is 34.0. The highest BCUT2D eigenvalue weighted by Crippen LogP contribution is 2.33. The Hall–Kier alpha value is -1.06. The Kier molecular flexibility index (Phi) is 1.56. The van der Waals surface area contributed by atoms with E-state index in [1.807, 2.05) is 0 Å². The molecule has 0 spiro atoms. The molecule has 2 saturated heterocycles. The van der Waals surface area contributed by atoms with Gasteiger partial charge in [-0.25, -0.2) is 4.79 Å². The number of carbonyl (C=O) groups excluding carboxylic acids is 1. The molecule has 0 aromatic heterocycles. The third kappa shape index (κ3) is 0.983. The molecule has 2 rings (SSSR count). The van der Waals surface area contributed by atoms with Crippen molar-refractivity contribution in [1.29, 1.82) is 0 Å². The molecule has 0 aliphatic carbocycles. The summed E-state index contributed by atoms with van der Waals surface area (Å²) in [6.07, 6.45) is 1.73. The molecule has 0 aromatic rings. The third-order valence-corrected chi connectivity index (χ3v) is 2.77. The molecular formula is C8H11NO3. The van der Waals surface area contributed by atoms with Crippen LogP contribution in [0.3, 0.4) is 0 Å². The number of Topliss-reactive ketones (excluding diaryl/α,β-unsaturated/α-hetero) is 1. The van der Waals surface area contributed by atoms with Gasteiger partial charge in [0.2, 0.25) is 0 Å². The maximum atomic E-state index is 11.1. The van der Waals surface area contributed by atoms with Crippen LogP contribution in [-0.4, -0.2) is 34.0 Å². The van der Waals surface area contributed by atoms with Crippen molar-refractivity contribution < 1.29 is 14.7 Å². The molecule has 2 atom stereocenters. The fraction of sp³-hybridized carbons (Fsp3) is 0.750. The number of ketones is 1. The lowest BCUT2D eigenvalue weighted by molar-refractivity contribution is -0.122. The molecule has 1 N–H and O–H groups in total. The van der Waals surface area contributed by atoms with E-state index in [-0.39, 0.29) is 17.9 Å². The maximum absolute atomic E-state index is 11.1. The molecule has 0 aromatic carbocycles. The summed E-state index contributed by atoms with van der Waals surface area (Å²) >= 11 is 0. The van der Waals surface area contributed by atoms with Crippen LogP contribution in [0, 0.1) is 0 Å². The minimum atomic E-state index is -0.866. The van der Waals surface area contributed by atoms with Crippen LogP contribution in [0.4, 0.5) is 4.79 Å². The average molecular weight is 169 g/mol. The summed E-state index contributed by atoms with van der Waals surface area (Å²) in [5, 5.41) is 8.82. The van der Waals surface area contributed by atoms with Crippen molar-refractivity contribution in [2.45, 2.75) is 37.8 Å². The summed E-state index contributed by atoms with van der Waals surface area (Å²) in [6, 6.07) is -0.0394. The second-order valence-electron chi connectivity index (χ2n) is 3.52. The third-order valence-electron chi connectivity index (χ3n) is 2.77. The lowest BCUT2D eigenvalue weighted by Crippen LogP contribution is -2.46. The monoisotopic (exact) mass is 169 g/mol. The van der Waals surface area contributed by atoms with E-state index in [9.17, 15) is 9.59 Å². The highest BCUT2D eigenvalue weighted by Gasteiger charge is 2.42. The molecular weight excluding hydrogens is 158 g/mol. The number of hydrogen-bond acceptors (Lipinski definition) is 2. The van der Waals surface area contributed by atoms with Crippen molar-refractivity contribution in [3.63, 3.8) is 0 Å². The SMILES string of the molecule is O=C1C[C@H]2CC[C@@H](C1)N2C(=O)O. The van der Waals surface area contributed by atoms with Gasteiger partial charge in [-0.1, -0.05) is 0 Å². The van der Waals surface area contributed by atoms with Crippen molar-refractivity contribution >= 4 is 11.9 Å². The minimum absolute atomic E-state index is 0.0197. The molecule has 2 fully saturated rings. The first-order valence-corrected chi connectivity index (χ1v) is 4.21. The van der Waals surface area contributed by atoms with E-state index in [4.69, 9.17) is 5.11 Å². The van der Waals surface area contributed by atoms with Crippen molar-refractivity contribution in [3.8, 4) is 0 Å². The summed E-state index contributed by atoms with van der Waals surface area (Å²) in [5.74, 6) is 0.222. The van der Waals surface area contributed by atoms with Crippen molar-refractivity contribution in [1.82, 2.24) is 4.90 Å². The number of carboxylic acid groups (broad SMARTS) is 1. The van der Waals surface area contributed by atoms with Gasteiger partial charge < -0.3 is 10.0 Å². The molecule has 1 amide bonds. The molecule has 0 radical (unpaired) electrons. The number of rotatable bonds is 0. The van der Waals surface area contributed by atoms with Crippen LogP contribution in [0.15, 0.2) is 0 Å². The number of nitrogens with zero attached hydrogens (tertiary/aromatic N) is 1. The topological polar surface area (TPSA) is 57.6 Å². The van der Waals surface area contributed by atoms with Crippen molar-refractivity contribution in [3.05, 3.63) is 0 Å². The summed E-state index contributed by atoms with van der Waals surface area (Å²) in [7, 11) is 0. The number of fused-ring (bicyclic) bond motifs is 2. The Morgan fingerprint density at radius 1 is 1.33 bits per heavy atom. The van der Waals surface area contributed by atoms with E-state index in [0.717, 1.165) is 12.8 Å². The lowest BCUT2D eigenvalue weighted by atomic mass is 10.0. The quantitative estimate of drug-likeness (QED) is 0.585. The highest BCUT2D eigenvalue weighted by molar-refractivity contribution is 5.83. The fourth-order valence-corrected chi connectivity index (χ4v) is 2.28. The summed E-state index contributed by atoms with van der Waals surface area (Å²) in [5.41, 5.74) is 0. The van der Waals surface area contributed by atoms with Gasteiger partial charge in [-0.15, -0.1) is 0 Å². The van der Waals surface area contributed by atoms with E-state index in [2.05, 4.69) is 0 Å². The van der Waals surface area contributed by atoms with E-state index in [1.165, 1.54) is 4.90 Å². The van der Waals surface area contributed by atoms with E-state index < -0.39 is 6.09 Å². The van der Waals surface area contributed by atoms with Gasteiger partial charge in [0.25, 0.3) is 0 Å².